The number of ether oxygens (including phenoxy) is 1. The number of methoxy groups -OCH3 is 1. The van der Waals surface area contributed by atoms with Crippen LogP contribution in [0.5, 0.6) is 5.88 Å². The van der Waals surface area contributed by atoms with Crippen LogP contribution >= 0.6 is 0 Å². The van der Waals surface area contributed by atoms with Crippen molar-refractivity contribution in [1.29, 1.82) is 0 Å². The zero-order chi connectivity index (χ0) is 17.9. The highest BCUT2D eigenvalue weighted by molar-refractivity contribution is 5.84. The zero-order valence-corrected chi connectivity index (χ0v) is 14.5. The van der Waals surface area contributed by atoms with Gasteiger partial charge in [0, 0.05) is 16.5 Å². The van der Waals surface area contributed by atoms with Gasteiger partial charge < -0.3 is 9.26 Å². The van der Waals surface area contributed by atoms with Crippen molar-refractivity contribution in [2.24, 2.45) is 0 Å². The molecule has 4 aromatic rings. The van der Waals surface area contributed by atoms with Gasteiger partial charge in [0.1, 0.15) is 0 Å². The molecular weight excluding hydrogens is 326 g/mol. The molecule has 0 aliphatic carbocycles. The van der Waals surface area contributed by atoms with E-state index in [0.717, 1.165) is 27.6 Å². The number of fused-ring (bicyclic) bond motifs is 1. The second-order valence-electron chi connectivity index (χ2n) is 5.94. The summed E-state index contributed by atoms with van der Waals surface area (Å²) in [6, 6.07) is 17.9. The van der Waals surface area contributed by atoms with Gasteiger partial charge in [0.05, 0.1) is 12.6 Å². The van der Waals surface area contributed by atoms with Gasteiger partial charge in [0.15, 0.2) is 5.82 Å². The predicted octanol–water partition coefficient (Wildman–Crippen LogP) is 4.77. The minimum atomic E-state index is 0.497. The van der Waals surface area contributed by atoms with Crippen LogP contribution in [0, 0.1) is 6.92 Å². The molecular formula is C21H17N3O2. The molecule has 0 bridgehead atoms. The maximum atomic E-state index is 5.40. The molecule has 0 saturated heterocycles. The average Bonchev–Trinajstić information content (AvgIpc) is 3.14. The molecule has 0 aliphatic heterocycles. The van der Waals surface area contributed by atoms with Crippen molar-refractivity contribution in [2.75, 3.05) is 7.11 Å². The predicted molar refractivity (Wildman–Crippen MR) is 102 cm³/mol. The van der Waals surface area contributed by atoms with Crippen LogP contribution in [-0.4, -0.2) is 22.2 Å². The lowest BCUT2D eigenvalue weighted by atomic mass is 10.1. The van der Waals surface area contributed by atoms with Gasteiger partial charge in [-0.05, 0) is 43.3 Å². The van der Waals surface area contributed by atoms with Gasteiger partial charge in [-0.15, -0.1) is 0 Å². The number of benzene rings is 2. The van der Waals surface area contributed by atoms with Crippen LogP contribution in [-0.2, 0) is 0 Å². The Labute approximate surface area is 151 Å². The van der Waals surface area contributed by atoms with E-state index in [-0.39, 0.29) is 0 Å². The van der Waals surface area contributed by atoms with Crippen LogP contribution in [0.1, 0.15) is 17.0 Å². The largest absolute Gasteiger partial charge is 0.481 e. The topological polar surface area (TPSA) is 61.0 Å². The third-order valence-corrected chi connectivity index (χ3v) is 4.03. The average molecular weight is 343 g/mol. The molecule has 26 heavy (non-hydrogen) atoms. The maximum Gasteiger partial charge on any atom is 0.258 e. The Morgan fingerprint density at radius 1 is 0.962 bits per heavy atom. The van der Waals surface area contributed by atoms with Crippen molar-refractivity contribution in [3.05, 3.63) is 71.5 Å². The number of aryl methyl sites for hydroxylation is 1. The molecule has 2 aromatic carbocycles. The second-order valence-corrected chi connectivity index (χ2v) is 5.94. The van der Waals surface area contributed by atoms with Crippen LogP contribution < -0.4 is 4.74 Å². The second kappa shape index (κ2) is 6.80. The van der Waals surface area contributed by atoms with Gasteiger partial charge in [-0.25, -0.2) is 4.98 Å². The van der Waals surface area contributed by atoms with E-state index in [4.69, 9.17) is 9.26 Å². The van der Waals surface area contributed by atoms with Crippen LogP contribution in [0.3, 0.4) is 0 Å². The summed E-state index contributed by atoms with van der Waals surface area (Å²) in [6.45, 7) is 2.03. The van der Waals surface area contributed by atoms with Crippen molar-refractivity contribution in [3.63, 3.8) is 0 Å². The van der Waals surface area contributed by atoms with E-state index >= 15 is 0 Å². The lowest BCUT2D eigenvalue weighted by Crippen LogP contribution is -1.92. The Bertz CT molecular complexity index is 1100. The molecule has 0 fully saturated rings. The Morgan fingerprint density at radius 3 is 2.69 bits per heavy atom. The Morgan fingerprint density at radius 2 is 1.85 bits per heavy atom. The first-order chi connectivity index (χ1) is 12.7. The first-order valence-electron chi connectivity index (χ1n) is 8.25. The lowest BCUT2D eigenvalue weighted by molar-refractivity contribution is 0.398. The van der Waals surface area contributed by atoms with E-state index in [1.165, 1.54) is 0 Å². The Balaban J connectivity index is 1.65. The fraction of sp³-hybridized carbons (Fsp3) is 0.0952. The summed E-state index contributed by atoms with van der Waals surface area (Å²) in [5.74, 6) is 1.55. The van der Waals surface area contributed by atoms with Crippen LogP contribution in [0.2, 0.25) is 0 Å². The van der Waals surface area contributed by atoms with Gasteiger partial charge >= 0.3 is 0 Å². The third-order valence-electron chi connectivity index (χ3n) is 4.03. The number of para-hydroxylation sites is 1. The number of pyridine rings is 1. The molecule has 0 atom stereocenters. The fourth-order valence-electron chi connectivity index (χ4n) is 2.76. The molecule has 5 heteroatoms. The van der Waals surface area contributed by atoms with Crippen molar-refractivity contribution in [3.8, 4) is 17.3 Å². The van der Waals surface area contributed by atoms with Gasteiger partial charge in [-0.1, -0.05) is 41.1 Å². The van der Waals surface area contributed by atoms with Crippen molar-refractivity contribution in [2.45, 2.75) is 6.92 Å². The van der Waals surface area contributed by atoms with E-state index in [9.17, 15) is 0 Å². The minimum absolute atomic E-state index is 0.497. The van der Waals surface area contributed by atoms with E-state index in [1.54, 1.807) is 13.2 Å². The van der Waals surface area contributed by atoms with E-state index in [0.29, 0.717) is 17.6 Å². The molecule has 0 N–H and O–H groups in total. The highest BCUT2D eigenvalue weighted by Crippen LogP contribution is 2.24. The fourth-order valence-corrected chi connectivity index (χ4v) is 2.76. The minimum Gasteiger partial charge on any atom is -0.481 e. The van der Waals surface area contributed by atoms with Gasteiger partial charge in [-0.3, -0.25) is 0 Å². The Hall–Kier alpha value is -3.47. The number of nitrogens with zero attached hydrogens (tertiary/aromatic N) is 3. The van der Waals surface area contributed by atoms with Crippen LogP contribution in [0.4, 0.5) is 0 Å². The first-order valence-corrected chi connectivity index (χ1v) is 8.25. The molecule has 0 spiro atoms. The molecule has 128 valence electrons. The summed E-state index contributed by atoms with van der Waals surface area (Å²) in [5.41, 5.74) is 3.79. The van der Waals surface area contributed by atoms with Gasteiger partial charge in [0.2, 0.25) is 5.88 Å². The van der Waals surface area contributed by atoms with Gasteiger partial charge in [-0.2, -0.15) is 4.98 Å². The highest BCUT2D eigenvalue weighted by atomic mass is 16.5. The van der Waals surface area contributed by atoms with Crippen molar-refractivity contribution in [1.82, 2.24) is 15.1 Å². The molecule has 5 nitrogen and oxygen atoms in total. The molecule has 4 rings (SSSR count). The quantitative estimate of drug-likeness (QED) is 0.534. The molecule has 0 radical (unpaired) electrons. The van der Waals surface area contributed by atoms with Crippen LogP contribution in [0.15, 0.2) is 59.1 Å². The number of hydrogen-bond acceptors (Lipinski definition) is 5. The summed E-state index contributed by atoms with van der Waals surface area (Å²) < 4.78 is 10.8. The summed E-state index contributed by atoms with van der Waals surface area (Å²) in [4.78, 5) is 8.96. The monoisotopic (exact) mass is 343 g/mol. The Kier molecular flexibility index (Phi) is 4.19. The summed E-state index contributed by atoms with van der Waals surface area (Å²) in [7, 11) is 1.61. The van der Waals surface area contributed by atoms with Crippen molar-refractivity contribution < 1.29 is 9.26 Å². The smallest absolute Gasteiger partial charge is 0.258 e. The van der Waals surface area contributed by atoms with Crippen LogP contribution in [0.25, 0.3) is 34.5 Å². The number of aromatic nitrogens is 3. The van der Waals surface area contributed by atoms with E-state index < -0.39 is 0 Å². The molecule has 2 heterocycles. The highest BCUT2D eigenvalue weighted by Gasteiger charge is 2.08. The molecule has 0 unspecified atom stereocenters. The summed E-state index contributed by atoms with van der Waals surface area (Å²) in [6.07, 6.45) is 3.67. The lowest BCUT2D eigenvalue weighted by Gasteiger charge is -2.05. The SMILES string of the molecule is COc1nc2ccccc2cc1/C=C/c1noc(-c2cccc(C)c2)n1. The van der Waals surface area contributed by atoms with Gasteiger partial charge in [0.25, 0.3) is 5.89 Å². The molecule has 0 saturated carbocycles. The number of rotatable bonds is 4. The number of hydrogen-bond donors (Lipinski definition) is 0. The summed E-state index contributed by atoms with van der Waals surface area (Å²) in [5, 5.41) is 5.06. The van der Waals surface area contributed by atoms with E-state index in [2.05, 4.69) is 15.1 Å². The normalized spacial score (nSPS) is 11.3. The molecule has 0 aliphatic rings. The van der Waals surface area contributed by atoms with E-state index in [1.807, 2.05) is 67.6 Å². The van der Waals surface area contributed by atoms with Crippen molar-refractivity contribution >= 4 is 23.1 Å². The summed E-state index contributed by atoms with van der Waals surface area (Å²) >= 11 is 0. The maximum absolute atomic E-state index is 5.40. The third kappa shape index (κ3) is 3.19. The standard InChI is InChI=1S/C21H17N3O2/c1-14-6-5-8-16(12-14)21-23-19(24-26-21)11-10-17-13-15-7-3-4-9-18(15)22-20(17)25-2/h3-13H,1-2H3/b11-10+. The molecule has 2 aromatic heterocycles. The molecule has 0 amide bonds. The first kappa shape index (κ1) is 16.0. The zero-order valence-electron chi connectivity index (χ0n) is 14.5.